The van der Waals surface area contributed by atoms with Crippen molar-refractivity contribution >= 4 is 18.2 Å². The van der Waals surface area contributed by atoms with E-state index in [2.05, 4.69) is 10.6 Å². The van der Waals surface area contributed by atoms with Crippen molar-refractivity contribution in [1.29, 1.82) is 0 Å². The Hall–Kier alpha value is -1.69. The van der Waals surface area contributed by atoms with Crippen molar-refractivity contribution in [2.75, 3.05) is 26.2 Å². The zero-order valence-corrected chi connectivity index (χ0v) is 11.8. The molecule has 0 aromatic heterocycles. The van der Waals surface area contributed by atoms with Gasteiger partial charge in [-0.1, -0.05) is 19.3 Å². The highest BCUT2D eigenvalue weighted by Crippen LogP contribution is 2.08. The molecule has 0 radical (unpaired) electrons. The van der Waals surface area contributed by atoms with Crippen LogP contribution in [0.4, 0.5) is 0 Å². The van der Waals surface area contributed by atoms with Crippen LogP contribution in [0.1, 0.15) is 32.1 Å². The van der Waals surface area contributed by atoms with Crippen LogP contribution in [-0.2, 0) is 14.4 Å². The number of carbonyl (C=O) groups excluding carboxylic acids is 3. The van der Waals surface area contributed by atoms with Gasteiger partial charge in [-0.3, -0.25) is 19.3 Å². The molecule has 6 heteroatoms. The normalized spacial score (nSPS) is 14.1. The van der Waals surface area contributed by atoms with Gasteiger partial charge < -0.3 is 10.6 Å². The van der Waals surface area contributed by atoms with Crippen LogP contribution in [0.3, 0.4) is 0 Å². The highest BCUT2D eigenvalue weighted by Gasteiger charge is 2.21. The van der Waals surface area contributed by atoms with Gasteiger partial charge in [0.25, 0.3) is 11.8 Å². The van der Waals surface area contributed by atoms with Gasteiger partial charge in [0.15, 0.2) is 0 Å². The smallest absolute Gasteiger partial charge is 0.253 e. The highest BCUT2D eigenvalue weighted by molar-refractivity contribution is 6.12. The predicted molar refractivity (Wildman–Crippen MR) is 75.9 cm³/mol. The predicted octanol–water partition coefficient (Wildman–Crippen LogP) is 0.197. The summed E-state index contributed by atoms with van der Waals surface area (Å²) in [5.41, 5.74) is 0. The number of amides is 3. The Labute approximate surface area is 119 Å². The van der Waals surface area contributed by atoms with E-state index >= 15 is 0 Å². The van der Waals surface area contributed by atoms with E-state index in [0.717, 1.165) is 45.2 Å². The van der Waals surface area contributed by atoms with Gasteiger partial charge in [0.2, 0.25) is 6.41 Å². The first-order chi connectivity index (χ1) is 9.75. The van der Waals surface area contributed by atoms with Crippen LogP contribution in [0, 0.1) is 0 Å². The summed E-state index contributed by atoms with van der Waals surface area (Å²) < 4.78 is 0. The van der Waals surface area contributed by atoms with Gasteiger partial charge in [-0.25, -0.2) is 0 Å². The van der Waals surface area contributed by atoms with Crippen LogP contribution in [0.25, 0.3) is 0 Å². The van der Waals surface area contributed by atoms with Crippen LogP contribution in [0.5, 0.6) is 0 Å². The molecule has 1 aliphatic rings. The molecular weight excluding hydrogens is 258 g/mol. The van der Waals surface area contributed by atoms with Gasteiger partial charge in [0.1, 0.15) is 0 Å². The number of unbranched alkanes of at least 4 members (excludes halogenated alkanes) is 4. The van der Waals surface area contributed by atoms with E-state index in [1.807, 2.05) is 0 Å². The third kappa shape index (κ3) is 6.47. The van der Waals surface area contributed by atoms with Crippen molar-refractivity contribution in [3.8, 4) is 0 Å². The number of rotatable bonds is 12. The number of carbonyl (C=O) groups is 3. The summed E-state index contributed by atoms with van der Waals surface area (Å²) in [7, 11) is 0. The fourth-order valence-corrected chi connectivity index (χ4v) is 2.05. The quantitative estimate of drug-likeness (QED) is 0.304. The minimum Gasteiger partial charge on any atom is -0.357 e. The van der Waals surface area contributed by atoms with Crippen molar-refractivity contribution in [1.82, 2.24) is 15.5 Å². The van der Waals surface area contributed by atoms with Crippen LogP contribution < -0.4 is 10.6 Å². The summed E-state index contributed by atoms with van der Waals surface area (Å²) in [6.45, 7) is 2.94. The van der Waals surface area contributed by atoms with Gasteiger partial charge in [0, 0.05) is 31.8 Å². The lowest BCUT2D eigenvalue weighted by atomic mass is 10.1. The lowest BCUT2D eigenvalue weighted by Crippen LogP contribution is -2.30. The molecule has 0 spiro atoms. The van der Waals surface area contributed by atoms with E-state index in [0.29, 0.717) is 19.5 Å². The SMILES string of the molecule is O=CNCCNCCCCCCCN1C(=O)C=CC1=O. The molecule has 6 nitrogen and oxygen atoms in total. The fraction of sp³-hybridized carbons (Fsp3) is 0.643. The second kappa shape index (κ2) is 10.1. The maximum absolute atomic E-state index is 11.3. The van der Waals surface area contributed by atoms with E-state index in [1.165, 1.54) is 17.1 Å². The number of imide groups is 1. The zero-order chi connectivity index (χ0) is 14.6. The lowest BCUT2D eigenvalue weighted by molar-refractivity contribution is -0.136. The number of hydrogen-bond acceptors (Lipinski definition) is 4. The van der Waals surface area contributed by atoms with Crippen molar-refractivity contribution in [2.24, 2.45) is 0 Å². The monoisotopic (exact) mass is 281 g/mol. The molecule has 1 rings (SSSR count). The summed E-state index contributed by atoms with van der Waals surface area (Å²) >= 11 is 0. The van der Waals surface area contributed by atoms with E-state index in [9.17, 15) is 14.4 Å². The largest absolute Gasteiger partial charge is 0.357 e. The van der Waals surface area contributed by atoms with Gasteiger partial charge in [-0.2, -0.15) is 0 Å². The fourth-order valence-electron chi connectivity index (χ4n) is 2.05. The first-order valence-corrected chi connectivity index (χ1v) is 7.17. The average molecular weight is 281 g/mol. The molecule has 3 amide bonds. The van der Waals surface area contributed by atoms with Crippen molar-refractivity contribution in [3.63, 3.8) is 0 Å². The standard InChI is InChI=1S/C14H23N3O3/c18-12-16-10-9-15-8-4-2-1-3-5-11-17-13(19)6-7-14(17)20/h6-7,12,15H,1-5,8-11H2,(H,16,18). The van der Waals surface area contributed by atoms with E-state index < -0.39 is 0 Å². The molecule has 0 bridgehead atoms. The molecule has 20 heavy (non-hydrogen) atoms. The van der Waals surface area contributed by atoms with Gasteiger partial charge in [-0.15, -0.1) is 0 Å². The Morgan fingerprint density at radius 3 is 2.25 bits per heavy atom. The number of nitrogens with zero attached hydrogens (tertiary/aromatic N) is 1. The number of hydrogen-bond donors (Lipinski definition) is 2. The molecule has 0 atom stereocenters. The molecule has 0 aromatic carbocycles. The van der Waals surface area contributed by atoms with Gasteiger partial charge >= 0.3 is 0 Å². The van der Waals surface area contributed by atoms with Crippen LogP contribution in [0.2, 0.25) is 0 Å². The molecule has 0 fully saturated rings. The zero-order valence-electron chi connectivity index (χ0n) is 11.8. The maximum Gasteiger partial charge on any atom is 0.253 e. The van der Waals surface area contributed by atoms with Crippen LogP contribution >= 0.6 is 0 Å². The molecule has 1 aliphatic heterocycles. The van der Waals surface area contributed by atoms with Gasteiger partial charge in [0.05, 0.1) is 0 Å². The Balaban J connectivity index is 1.84. The molecule has 0 unspecified atom stereocenters. The molecule has 112 valence electrons. The van der Waals surface area contributed by atoms with Crippen molar-refractivity contribution in [3.05, 3.63) is 12.2 Å². The summed E-state index contributed by atoms with van der Waals surface area (Å²) in [4.78, 5) is 33.8. The minimum atomic E-state index is -0.192. The second-order valence-corrected chi connectivity index (χ2v) is 4.75. The molecule has 0 aromatic rings. The summed E-state index contributed by atoms with van der Waals surface area (Å²) in [5, 5.41) is 5.83. The van der Waals surface area contributed by atoms with Crippen LogP contribution in [0.15, 0.2) is 12.2 Å². The Morgan fingerprint density at radius 1 is 0.900 bits per heavy atom. The molecule has 0 saturated heterocycles. The second-order valence-electron chi connectivity index (χ2n) is 4.75. The molecule has 0 aliphatic carbocycles. The topological polar surface area (TPSA) is 78.5 Å². The molecule has 1 heterocycles. The van der Waals surface area contributed by atoms with Crippen molar-refractivity contribution < 1.29 is 14.4 Å². The lowest BCUT2D eigenvalue weighted by Gasteiger charge is -2.13. The maximum atomic E-state index is 11.3. The first-order valence-electron chi connectivity index (χ1n) is 7.17. The van der Waals surface area contributed by atoms with Crippen molar-refractivity contribution in [2.45, 2.75) is 32.1 Å². The van der Waals surface area contributed by atoms with E-state index in [1.54, 1.807) is 0 Å². The summed E-state index contributed by atoms with van der Waals surface area (Å²) in [6, 6.07) is 0. The third-order valence-electron chi connectivity index (χ3n) is 3.17. The Bertz CT molecular complexity index is 338. The minimum absolute atomic E-state index is 0.192. The first kappa shape index (κ1) is 16.4. The molecule has 2 N–H and O–H groups in total. The van der Waals surface area contributed by atoms with E-state index in [-0.39, 0.29) is 11.8 Å². The highest BCUT2D eigenvalue weighted by atomic mass is 16.2. The molecule has 0 saturated carbocycles. The Kier molecular flexibility index (Phi) is 8.30. The third-order valence-corrected chi connectivity index (χ3v) is 3.17. The Morgan fingerprint density at radius 2 is 1.55 bits per heavy atom. The summed E-state index contributed by atoms with van der Waals surface area (Å²) in [5.74, 6) is -0.383. The van der Waals surface area contributed by atoms with E-state index in [4.69, 9.17) is 0 Å². The molecular formula is C14H23N3O3. The summed E-state index contributed by atoms with van der Waals surface area (Å²) in [6.07, 6.45) is 8.60. The number of nitrogens with one attached hydrogen (secondary N) is 2. The van der Waals surface area contributed by atoms with Gasteiger partial charge in [-0.05, 0) is 19.4 Å². The van der Waals surface area contributed by atoms with Crippen LogP contribution in [-0.4, -0.2) is 49.3 Å². The average Bonchev–Trinajstić information content (AvgIpc) is 2.76.